The molecule has 0 saturated heterocycles. The van der Waals surface area contributed by atoms with E-state index in [1.165, 1.54) is 4.68 Å². The first-order valence-corrected chi connectivity index (χ1v) is 8.94. The number of furan rings is 1. The highest BCUT2D eigenvalue weighted by atomic mass is 35.5. The van der Waals surface area contributed by atoms with Crippen LogP contribution in [-0.2, 0) is 6.54 Å². The molecule has 9 heteroatoms. The zero-order chi connectivity index (χ0) is 18.8. The fourth-order valence-electron chi connectivity index (χ4n) is 2.65. The van der Waals surface area contributed by atoms with Gasteiger partial charge < -0.3 is 4.42 Å². The highest BCUT2D eigenvalue weighted by Gasteiger charge is 2.14. The summed E-state index contributed by atoms with van der Waals surface area (Å²) in [4.78, 5) is 0. The SMILES string of the molecule is Cc1nn(Cc2ccccc2)c(Cl)c1C=Nn1c(-c2ccco2)n[nH]c1=S. The van der Waals surface area contributed by atoms with E-state index in [1.54, 1.807) is 29.3 Å². The minimum absolute atomic E-state index is 0.350. The molecule has 4 aromatic rings. The Balaban J connectivity index is 1.66. The lowest BCUT2D eigenvalue weighted by molar-refractivity contribution is 0.573. The number of aromatic amines is 1. The molecule has 0 atom stereocenters. The third kappa shape index (κ3) is 3.49. The van der Waals surface area contributed by atoms with E-state index in [2.05, 4.69) is 20.4 Å². The molecule has 27 heavy (non-hydrogen) atoms. The van der Waals surface area contributed by atoms with Gasteiger partial charge in [0.2, 0.25) is 10.6 Å². The summed E-state index contributed by atoms with van der Waals surface area (Å²) in [5, 5.41) is 16.3. The molecule has 0 spiro atoms. The predicted octanol–water partition coefficient (Wildman–Crippen LogP) is 4.29. The maximum atomic E-state index is 6.53. The minimum atomic E-state index is 0.350. The Morgan fingerprint density at radius 1 is 1.26 bits per heavy atom. The molecule has 0 radical (unpaired) electrons. The van der Waals surface area contributed by atoms with E-state index in [0.717, 1.165) is 16.8 Å². The number of nitrogens with zero attached hydrogens (tertiary/aromatic N) is 5. The highest BCUT2D eigenvalue weighted by molar-refractivity contribution is 7.71. The van der Waals surface area contributed by atoms with Crippen molar-refractivity contribution in [3.63, 3.8) is 0 Å². The van der Waals surface area contributed by atoms with Crippen molar-refractivity contribution in [3.8, 4) is 11.6 Å². The lowest BCUT2D eigenvalue weighted by atomic mass is 10.2. The van der Waals surface area contributed by atoms with Crippen LogP contribution in [0.25, 0.3) is 11.6 Å². The van der Waals surface area contributed by atoms with Gasteiger partial charge in [-0.05, 0) is 36.8 Å². The summed E-state index contributed by atoms with van der Waals surface area (Å²) >= 11 is 11.8. The van der Waals surface area contributed by atoms with Gasteiger partial charge in [-0.25, -0.2) is 9.78 Å². The molecule has 1 N–H and O–H groups in total. The van der Waals surface area contributed by atoms with Gasteiger partial charge in [0.15, 0.2) is 5.76 Å². The lowest BCUT2D eigenvalue weighted by Crippen LogP contribution is -2.02. The molecule has 1 aromatic carbocycles. The Morgan fingerprint density at radius 3 is 2.81 bits per heavy atom. The summed E-state index contributed by atoms with van der Waals surface area (Å²) in [6.45, 7) is 2.47. The second kappa shape index (κ2) is 7.34. The number of halogens is 1. The molecular weight excluding hydrogens is 384 g/mol. The number of H-pyrrole nitrogens is 1. The average Bonchev–Trinajstić information content (AvgIpc) is 3.37. The number of rotatable bonds is 5. The molecule has 0 amide bonds. The van der Waals surface area contributed by atoms with Gasteiger partial charge in [0.1, 0.15) is 5.15 Å². The first kappa shape index (κ1) is 17.4. The maximum Gasteiger partial charge on any atom is 0.219 e. The van der Waals surface area contributed by atoms with Crippen molar-refractivity contribution in [2.75, 3.05) is 0 Å². The molecule has 0 aliphatic heterocycles. The standard InChI is InChI=1S/C18H15ClN6OS/c1-12-14(16(19)24(23-12)11-13-6-3-2-4-7-13)10-20-25-17(21-22-18(25)27)15-8-5-9-26-15/h2-10H,11H2,1H3,(H,22,27). The molecule has 0 saturated carbocycles. The maximum absolute atomic E-state index is 6.53. The topological polar surface area (TPSA) is 76.9 Å². The van der Waals surface area contributed by atoms with E-state index in [9.17, 15) is 0 Å². The van der Waals surface area contributed by atoms with Crippen LogP contribution >= 0.6 is 23.8 Å². The summed E-state index contributed by atoms with van der Waals surface area (Å²) in [6.07, 6.45) is 3.19. The van der Waals surface area contributed by atoms with Crippen molar-refractivity contribution >= 4 is 30.0 Å². The zero-order valence-electron chi connectivity index (χ0n) is 14.3. The van der Waals surface area contributed by atoms with E-state index in [0.29, 0.717) is 28.1 Å². The van der Waals surface area contributed by atoms with Gasteiger partial charge in [-0.15, -0.1) is 5.10 Å². The van der Waals surface area contributed by atoms with E-state index < -0.39 is 0 Å². The summed E-state index contributed by atoms with van der Waals surface area (Å²) in [7, 11) is 0. The molecular formula is C18H15ClN6OS. The number of benzene rings is 1. The lowest BCUT2D eigenvalue weighted by Gasteiger charge is -2.03. The van der Waals surface area contributed by atoms with Crippen LogP contribution in [0, 0.1) is 11.7 Å². The van der Waals surface area contributed by atoms with Gasteiger partial charge in [-0.1, -0.05) is 41.9 Å². The highest BCUT2D eigenvalue weighted by Crippen LogP contribution is 2.21. The van der Waals surface area contributed by atoms with E-state index in [-0.39, 0.29) is 0 Å². The Bertz CT molecular complexity index is 1140. The van der Waals surface area contributed by atoms with Crippen molar-refractivity contribution in [2.45, 2.75) is 13.5 Å². The minimum Gasteiger partial charge on any atom is -0.461 e. The van der Waals surface area contributed by atoms with E-state index in [4.69, 9.17) is 28.2 Å². The van der Waals surface area contributed by atoms with Gasteiger partial charge in [0, 0.05) is 0 Å². The Kier molecular flexibility index (Phi) is 4.74. The second-order valence-electron chi connectivity index (χ2n) is 5.82. The molecule has 136 valence electrons. The molecule has 3 aromatic heterocycles. The van der Waals surface area contributed by atoms with Crippen LogP contribution in [0.4, 0.5) is 0 Å². The van der Waals surface area contributed by atoms with Gasteiger partial charge in [-0.3, -0.25) is 0 Å². The Morgan fingerprint density at radius 2 is 2.07 bits per heavy atom. The van der Waals surface area contributed by atoms with Crippen molar-refractivity contribution in [1.29, 1.82) is 0 Å². The van der Waals surface area contributed by atoms with Gasteiger partial charge in [0.05, 0.1) is 30.3 Å². The molecule has 0 bridgehead atoms. The molecule has 0 unspecified atom stereocenters. The number of hydrogen-bond acceptors (Lipinski definition) is 5. The van der Waals surface area contributed by atoms with E-state index in [1.807, 2.05) is 37.3 Å². The first-order valence-electron chi connectivity index (χ1n) is 8.16. The fraction of sp³-hybridized carbons (Fsp3) is 0.111. The Hall–Kier alpha value is -2.97. The van der Waals surface area contributed by atoms with Crippen molar-refractivity contribution < 1.29 is 4.42 Å². The third-order valence-electron chi connectivity index (χ3n) is 3.98. The molecule has 4 rings (SSSR count). The van der Waals surface area contributed by atoms with Crippen molar-refractivity contribution in [3.05, 3.63) is 75.5 Å². The summed E-state index contributed by atoms with van der Waals surface area (Å²) < 4.78 is 8.96. The van der Waals surface area contributed by atoms with Crippen LogP contribution < -0.4 is 0 Å². The number of nitrogens with one attached hydrogen (secondary N) is 1. The molecule has 7 nitrogen and oxygen atoms in total. The number of aromatic nitrogens is 5. The number of aryl methyl sites for hydroxylation is 1. The zero-order valence-corrected chi connectivity index (χ0v) is 15.9. The van der Waals surface area contributed by atoms with Gasteiger partial charge >= 0.3 is 0 Å². The molecule has 0 fully saturated rings. The van der Waals surface area contributed by atoms with Crippen LogP contribution in [0.15, 0.2) is 58.2 Å². The van der Waals surface area contributed by atoms with Crippen LogP contribution in [0.1, 0.15) is 16.8 Å². The van der Waals surface area contributed by atoms with Crippen molar-refractivity contribution in [1.82, 2.24) is 24.7 Å². The fourth-order valence-corrected chi connectivity index (χ4v) is 3.12. The monoisotopic (exact) mass is 398 g/mol. The van der Waals surface area contributed by atoms with E-state index >= 15 is 0 Å². The Labute approximate surface area is 164 Å². The molecule has 3 heterocycles. The van der Waals surface area contributed by atoms with Crippen LogP contribution in [-0.4, -0.2) is 30.9 Å². The summed E-state index contributed by atoms with van der Waals surface area (Å²) in [5.74, 6) is 1.04. The number of hydrogen-bond donors (Lipinski definition) is 1. The van der Waals surface area contributed by atoms with Crippen molar-refractivity contribution in [2.24, 2.45) is 5.10 Å². The van der Waals surface area contributed by atoms with Crippen LogP contribution in [0.2, 0.25) is 5.15 Å². The smallest absolute Gasteiger partial charge is 0.219 e. The molecule has 0 aliphatic carbocycles. The predicted molar refractivity (Wildman–Crippen MR) is 106 cm³/mol. The summed E-state index contributed by atoms with van der Waals surface area (Å²) in [6, 6.07) is 13.6. The van der Waals surface area contributed by atoms with Crippen LogP contribution in [0.5, 0.6) is 0 Å². The largest absolute Gasteiger partial charge is 0.461 e. The molecule has 0 aliphatic rings. The third-order valence-corrected chi connectivity index (χ3v) is 4.64. The van der Waals surface area contributed by atoms with Gasteiger partial charge in [-0.2, -0.15) is 14.9 Å². The van der Waals surface area contributed by atoms with Crippen LogP contribution in [0.3, 0.4) is 0 Å². The second-order valence-corrected chi connectivity index (χ2v) is 6.56. The summed E-state index contributed by atoms with van der Waals surface area (Å²) in [5.41, 5.74) is 2.61. The normalized spacial score (nSPS) is 11.5. The van der Waals surface area contributed by atoms with Gasteiger partial charge in [0.25, 0.3) is 0 Å². The average molecular weight is 399 g/mol. The quantitative estimate of drug-likeness (QED) is 0.402. The first-order chi connectivity index (χ1) is 13.1.